The van der Waals surface area contributed by atoms with Gasteiger partial charge >= 0.3 is 35.8 Å². The molecule has 0 radical (unpaired) electrons. The maximum atomic E-state index is 13.8. The SMILES string of the molecule is CCOC(=O)Cc1cccc(-c2cc(CCCC(=O)O)ccc2O[C@H]2O[C@H](COC(=O)C(C)(C)C)[C@@H](OC(=O)C(C)(C)C)[C@H](OC(=O)C(C)(C)C)[C@@H]2OC(=O)C(C)(C)C)c1. The van der Waals surface area contributed by atoms with E-state index in [0.29, 0.717) is 29.5 Å². The molecule has 1 aliphatic rings. The number of hydrogen-bond donors (Lipinski definition) is 1. The van der Waals surface area contributed by atoms with Crippen molar-refractivity contribution in [2.24, 2.45) is 21.7 Å². The number of esters is 5. The average molecular weight is 841 g/mol. The minimum absolute atomic E-state index is 0.00278. The maximum absolute atomic E-state index is 13.8. The van der Waals surface area contributed by atoms with Gasteiger partial charge in [-0.15, -0.1) is 0 Å². The number of hydrogen-bond acceptors (Lipinski definition) is 13. The monoisotopic (exact) mass is 840 g/mol. The van der Waals surface area contributed by atoms with Gasteiger partial charge in [0.1, 0.15) is 18.5 Å². The van der Waals surface area contributed by atoms with Crippen molar-refractivity contribution in [3.05, 3.63) is 53.6 Å². The molecule has 5 atom stereocenters. The van der Waals surface area contributed by atoms with Gasteiger partial charge in [-0.1, -0.05) is 30.3 Å². The van der Waals surface area contributed by atoms with E-state index in [4.69, 9.17) is 33.2 Å². The van der Waals surface area contributed by atoms with Gasteiger partial charge in [0.05, 0.1) is 34.7 Å². The Labute approximate surface area is 353 Å². The molecule has 60 heavy (non-hydrogen) atoms. The van der Waals surface area contributed by atoms with Crippen LogP contribution in [0.4, 0.5) is 0 Å². The van der Waals surface area contributed by atoms with Crippen molar-refractivity contribution in [3.8, 4) is 16.9 Å². The molecule has 1 fully saturated rings. The van der Waals surface area contributed by atoms with Crippen molar-refractivity contribution in [3.63, 3.8) is 0 Å². The van der Waals surface area contributed by atoms with Crippen molar-refractivity contribution < 1.29 is 67.0 Å². The van der Waals surface area contributed by atoms with Crippen LogP contribution in [0.1, 0.15) is 114 Å². The van der Waals surface area contributed by atoms with E-state index in [1.165, 1.54) is 0 Å². The highest BCUT2D eigenvalue weighted by atomic mass is 16.7. The summed E-state index contributed by atoms with van der Waals surface area (Å²) in [6, 6.07) is 12.4. The first-order valence-electron chi connectivity index (χ1n) is 20.3. The number of carbonyl (C=O) groups is 6. The van der Waals surface area contributed by atoms with E-state index in [1.807, 2.05) is 6.07 Å². The molecule has 0 amide bonds. The minimum Gasteiger partial charge on any atom is -0.481 e. The molecule has 2 aromatic rings. The Hall–Kier alpha value is -4.98. The van der Waals surface area contributed by atoms with Crippen molar-refractivity contribution >= 4 is 35.8 Å². The molecule has 0 unspecified atom stereocenters. The minimum atomic E-state index is -1.56. The van der Waals surface area contributed by atoms with Crippen LogP contribution < -0.4 is 4.74 Å². The van der Waals surface area contributed by atoms with Gasteiger partial charge in [-0.05, 0) is 132 Å². The molecule has 332 valence electrons. The van der Waals surface area contributed by atoms with E-state index in [-0.39, 0.29) is 25.2 Å². The molecule has 0 spiro atoms. The molecule has 1 heterocycles. The normalized spacial score (nSPS) is 19.7. The van der Waals surface area contributed by atoms with Gasteiger partial charge in [-0.3, -0.25) is 28.8 Å². The van der Waals surface area contributed by atoms with Crippen LogP contribution in [0.5, 0.6) is 5.75 Å². The van der Waals surface area contributed by atoms with Crippen LogP contribution in [0.15, 0.2) is 42.5 Å². The number of carboxylic acids is 1. The van der Waals surface area contributed by atoms with E-state index >= 15 is 0 Å². The maximum Gasteiger partial charge on any atom is 0.311 e. The summed E-state index contributed by atoms with van der Waals surface area (Å²) < 4.78 is 42.5. The van der Waals surface area contributed by atoms with E-state index in [2.05, 4.69) is 0 Å². The topological polar surface area (TPSA) is 187 Å². The first kappa shape index (κ1) is 49.4. The molecule has 0 aromatic heterocycles. The first-order valence-corrected chi connectivity index (χ1v) is 20.3. The molecule has 1 N–H and O–H groups in total. The van der Waals surface area contributed by atoms with Crippen LogP contribution in [0.25, 0.3) is 11.1 Å². The van der Waals surface area contributed by atoms with Gasteiger partial charge in [-0.2, -0.15) is 0 Å². The van der Waals surface area contributed by atoms with Crippen LogP contribution in [0, 0.1) is 21.7 Å². The number of benzene rings is 2. The van der Waals surface area contributed by atoms with Gasteiger partial charge in [0.25, 0.3) is 0 Å². The van der Waals surface area contributed by atoms with Crippen molar-refractivity contribution in [2.45, 2.75) is 146 Å². The summed E-state index contributed by atoms with van der Waals surface area (Å²) in [6.07, 6.45) is -6.67. The lowest BCUT2D eigenvalue weighted by atomic mass is 9.93. The summed E-state index contributed by atoms with van der Waals surface area (Å²) >= 11 is 0. The van der Waals surface area contributed by atoms with Gasteiger partial charge in [0.15, 0.2) is 12.2 Å². The Morgan fingerprint density at radius 2 is 1.20 bits per heavy atom. The summed E-state index contributed by atoms with van der Waals surface area (Å²) in [5.41, 5.74) is -1.54. The number of carboxylic acid groups (broad SMARTS) is 1. The molecule has 1 aliphatic heterocycles. The third kappa shape index (κ3) is 14.3. The smallest absolute Gasteiger partial charge is 0.311 e. The highest BCUT2D eigenvalue weighted by Crippen LogP contribution is 2.38. The van der Waals surface area contributed by atoms with Gasteiger partial charge < -0.3 is 38.3 Å². The zero-order valence-corrected chi connectivity index (χ0v) is 37.4. The fraction of sp³-hybridized carbons (Fsp3) is 0.609. The second-order valence-corrected chi connectivity index (χ2v) is 19.1. The molecule has 0 saturated carbocycles. The van der Waals surface area contributed by atoms with Crippen molar-refractivity contribution in [2.75, 3.05) is 13.2 Å². The summed E-state index contributed by atoms with van der Waals surface area (Å²) in [6.45, 7) is 21.2. The predicted molar refractivity (Wildman–Crippen MR) is 220 cm³/mol. The van der Waals surface area contributed by atoms with Crippen LogP contribution in [-0.2, 0) is 70.0 Å². The lowest BCUT2D eigenvalue weighted by Gasteiger charge is -2.45. The highest BCUT2D eigenvalue weighted by molar-refractivity contribution is 5.79. The van der Waals surface area contributed by atoms with E-state index in [0.717, 1.165) is 5.56 Å². The Morgan fingerprint density at radius 3 is 1.73 bits per heavy atom. The van der Waals surface area contributed by atoms with Crippen molar-refractivity contribution in [1.29, 1.82) is 0 Å². The first-order chi connectivity index (χ1) is 27.6. The third-order valence-corrected chi connectivity index (χ3v) is 9.18. The second-order valence-electron chi connectivity index (χ2n) is 19.1. The largest absolute Gasteiger partial charge is 0.481 e. The van der Waals surface area contributed by atoms with E-state index in [9.17, 15) is 33.9 Å². The third-order valence-electron chi connectivity index (χ3n) is 9.18. The number of aliphatic carboxylic acids is 1. The summed E-state index contributed by atoms with van der Waals surface area (Å²) in [7, 11) is 0. The molecular formula is C46H64O14. The zero-order valence-electron chi connectivity index (χ0n) is 37.4. The van der Waals surface area contributed by atoms with E-state index in [1.54, 1.807) is 126 Å². The Morgan fingerprint density at radius 1 is 0.650 bits per heavy atom. The lowest BCUT2D eigenvalue weighted by molar-refractivity contribution is -0.293. The Kier molecular flexibility index (Phi) is 16.5. The molecular weight excluding hydrogens is 776 g/mol. The van der Waals surface area contributed by atoms with Crippen LogP contribution in [0.3, 0.4) is 0 Å². The molecule has 0 aliphatic carbocycles. The van der Waals surface area contributed by atoms with Crippen LogP contribution >= 0.6 is 0 Å². The average Bonchev–Trinajstić information content (AvgIpc) is 3.11. The molecule has 14 nitrogen and oxygen atoms in total. The number of rotatable bonds is 15. The summed E-state index contributed by atoms with van der Waals surface area (Å²) in [5, 5.41) is 9.29. The number of aryl methyl sites for hydroxylation is 1. The number of ether oxygens (including phenoxy) is 7. The molecule has 14 heteroatoms. The quantitative estimate of drug-likeness (QED) is 0.138. The van der Waals surface area contributed by atoms with E-state index < -0.39 is 94.8 Å². The molecule has 2 aromatic carbocycles. The highest BCUT2D eigenvalue weighted by Gasteiger charge is 2.56. The summed E-state index contributed by atoms with van der Waals surface area (Å²) in [4.78, 5) is 78.1. The summed E-state index contributed by atoms with van der Waals surface area (Å²) in [5.74, 6) is -3.83. The van der Waals surface area contributed by atoms with Gasteiger partial charge in [0.2, 0.25) is 12.4 Å². The molecule has 1 saturated heterocycles. The standard InChI is InChI=1S/C46H64O14/c1-14-54-34(49)25-28-18-15-19-29(23-28)30-24-27(17-16-20-33(47)48)21-22-31(30)56-38-37(60-42(53)46(11,12)13)36(59-41(52)45(8,9)10)35(58-40(51)44(5,6)7)32(57-38)26-55-39(50)43(2,3)4/h15,18-19,21-24,32,35-38H,14,16-17,20,25-26H2,1-13H3,(H,47,48)/t32-,35-,36+,37+,38+/m1/s1. The van der Waals surface area contributed by atoms with Crippen LogP contribution in [-0.4, -0.2) is 84.8 Å². The van der Waals surface area contributed by atoms with Gasteiger partial charge in [-0.25, -0.2) is 0 Å². The Bertz CT molecular complexity index is 1850. The van der Waals surface area contributed by atoms with Crippen LogP contribution in [0.2, 0.25) is 0 Å². The fourth-order valence-electron chi connectivity index (χ4n) is 5.64. The number of carbonyl (C=O) groups excluding carboxylic acids is 5. The lowest BCUT2D eigenvalue weighted by Crippen LogP contribution is -2.64. The molecule has 3 rings (SSSR count). The predicted octanol–water partition coefficient (Wildman–Crippen LogP) is 7.43. The Balaban J connectivity index is 2.30. The molecule has 0 bridgehead atoms. The second kappa shape index (κ2) is 20.1. The fourth-order valence-corrected chi connectivity index (χ4v) is 5.64. The van der Waals surface area contributed by atoms with Crippen molar-refractivity contribution in [1.82, 2.24) is 0 Å². The van der Waals surface area contributed by atoms with Gasteiger partial charge in [0, 0.05) is 12.0 Å². The zero-order chi connectivity index (χ0) is 45.4.